The SMILES string of the molecule is CCOc1ccc(C(=O)NCC2(c3ccc(OC)cc3)CCOCC2)cc1OCC. The van der Waals surface area contributed by atoms with E-state index in [1.165, 1.54) is 5.56 Å². The number of carbonyl (C=O) groups is 1. The molecule has 0 aliphatic carbocycles. The quantitative estimate of drug-likeness (QED) is 0.674. The minimum Gasteiger partial charge on any atom is -0.497 e. The number of nitrogens with one attached hydrogen (secondary N) is 1. The van der Waals surface area contributed by atoms with Gasteiger partial charge in [-0.15, -0.1) is 0 Å². The fraction of sp³-hybridized carbons (Fsp3) is 0.458. The fourth-order valence-corrected chi connectivity index (χ4v) is 3.82. The van der Waals surface area contributed by atoms with Crippen LogP contribution in [0.1, 0.15) is 42.6 Å². The van der Waals surface area contributed by atoms with Crippen LogP contribution in [-0.4, -0.2) is 46.0 Å². The summed E-state index contributed by atoms with van der Waals surface area (Å²) in [5.41, 5.74) is 1.58. The highest BCUT2D eigenvalue weighted by atomic mass is 16.5. The van der Waals surface area contributed by atoms with Crippen molar-refractivity contribution in [1.82, 2.24) is 5.32 Å². The van der Waals surface area contributed by atoms with Gasteiger partial charge in [0.1, 0.15) is 5.75 Å². The van der Waals surface area contributed by atoms with Crippen LogP contribution in [0.2, 0.25) is 0 Å². The van der Waals surface area contributed by atoms with Crippen molar-refractivity contribution >= 4 is 5.91 Å². The molecular weight excluding hydrogens is 382 g/mol. The van der Waals surface area contributed by atoms with Crippen molar-refractivity contribution in [2.75, 3.05) is 40.1 Å². The van der Waals surface area contributed by atoms with E-state index in [9.17, 15) is 4.79 Å². The van der Waals surface area contributed by atoms with Crippen LogP contribution in [-0.2, 0) is 10.2 Å². The predicted octanol–water partition coefficient (Wildman–Crippen LogP) is 3.97. The van der Waals surface area contributed by atoms with Gasteiger partial charge in [0, 0.05) is 30.7 Å². The average molecular weight is 414 g/mol. The Morgan fingerprint density at radius 2 is 1.67 bits per heavy atom. The largest absolute Gasteiger partial charge is 0.497 e. The first-order chi connectivity index (χ1) is 14.6. The van der Waals surface area contributed by atoms with Crippen LogP contribution in [0.5, 0.6) is 17.2 Å². The molecular formula is C24H31NO5. The van der Waals surface area contributed by atoms with E-state index in [-0.39, 0.29) is 11.3 Å². The first kappa shape index (κ1) is 22.0. The van der Waals surface area contributed by atoms with Crippen molar-refractivity contribution in [3.63, 3.8) is 0 Å². The number of methoxy groups -OCH3 is 1. The zero-order chi connectivity index (χ0) is 21.4. The minimum absolute atomic E-state index is 0.126. The molecule has 1 aliphatic heterocycles. The van der Waals surface area contributed by atoms with Crippen molar-refractivity contribution in [3.05, 3.63) is 53.6 Å². The molecule has 1 aliphatic rings. The second-order valence-corrected chi connectivity index (χ2v) is 7.33. The van der Waals surface area contributed by atoms with Gasteiger partial charge < -0.3 is 24.3 Å². The van der Waals surface area contributed by atoms with Gasteiger partial charge in [-0.05, 0) is 62.6 Å². The molecule has 0 bridgehead atoms. The summed E-state index contributed by atoms with van der Waals surface area (Å²) in [4.78, 5) is 12.9. The van der Waals surface area contributed by atoms with Gasteiger partial charge in [-0.25, -0.2) is 0 Å². The van der Waals surface area contributed by atoms with Crippen LogP contribution >= 0.6 is 0 Å². The Kier molecular flexibility index (Phi) is 7.57. The Morgan fingerprint density at radius 3 is 2.30 bits per heavy atom. The summed E-state index contributed by atoms with van der Waals surface area (Å²) in [6, 6.07) is 13.4. The van der Waals surface area contributed by atoms with E-state index < -0.39 is 0 Å². The lowest BCUT2D eigenvalue weighted by atomic mass is 9.74. The molecule has 1 N–H and O–H groups in total. The Bertz CT molecular complexity index is 828. The molecule has 1 fully saturated rings. The van der Waals surface area contributed by atoms with Crippen molar-refractivity contribution in [2.45, 2.75) is 32.1 Å². The lowest BCUT2D eigenvalue weighted by molar-refractivity contribution is 0.0487. The maximum Gasteiger partial charge on any atom is 0.251 e. The monoisotopic (exact) mass is 413 g/mol. The average Bonchev–Trinajstić information content (AvgIpc) is 2.79. The first-order valence-corrected chi connectivity index (χ1v) is 10.5. The second-order valence-electron chi connectivity index (χ2n) is 7.33. The summed E-state index contributed by atoms with van der Waals surface area (Å²) in [5, 5.41) is 3.14. The van der Waals surface area contributed by atoms with Crippen LogP contribution in [0.3, 0.4) is 0 Å². The van der Waals surface area contributed by atoms with Crippen molar-refractivity contribution in [3.8, 4) is 17.2 Å². The van der Waals surface area contributed by atoms with Gasteiger partial charge in [0.2, 0.25) is 0 Å². The van der Waals surface area contributed by atoms with Gasteiger partial charge >= 0.3 is 0 Å². The van der Waals surface area contributed by atoms with Gasteiger partial charge in [0.05, 0.1) is 20.3 Å². The molecule has 0 aromatic heterocycles. The van der Waals surface area contributed by atoms with E-state index in [2.05, 4.69) is 17.4 Å². The number of hydrogen-bond acceptors (Lipinski definition) is 5. The van der Waals surface area contributed by atoms with Crippen molar-refractivity contribution in [2.24, 2.45) is 0 Å². The molecule has 1 heterocycles. The first-order valence-electron chi connectivity index (χ1n) is 10.5. The maximum atomic E-state index is 12.9. The Balaban J connectivity index is 1.76. The van der Waals surface area contributed by atoms with E-state index >= 15 is 0 Å². The van der Waals surface area contributed by atoms with Crippen LogP contribution < -0.4 is 19.5 Å². The highest BCUT2D eigenvalue weighted by Gasteiger charge is 2.35. The minimum atomic E-state index is -0.159. The van der Waals surface area contributed by atoms with Crippen molar-refractivity contribution < 1.29 is 23.7 Å². The maximum absolute atomic E-state index is 12.9. The second kappa shape index (κ2) is 10.3. The molecule has 1 amide bonds. The lowest BCUT2D eigenvalue weighted by Gasteiger charge is -2.38. The summed E-state index contributed by atoms with van der Waals surface area (Å²) in [6.45, 7) is 6.77. The molecule has 0 atom stereocenters. The number of hydrogen-bond donors (Lipinski definition) is 1. The summed E-state index contributed by atoms with van der Waals surface area (Å²) in [6.07, 6.45) is 1.71. The molecule has 0 unspecified atom stereocenters. The van der Waals surface area contributed by atoms with Gasteiger partial charge in [-0.3, -0.25) is 4.79 Å². The Hall–Kier alpha value is -2.73. The Morgan fingerprint density at radius 1 is 1.00 bits per heavy atom. The van der Waals surface area contributed by atoms with E-state index in [1.807, 2.05) is 26.0 Å². The van der Waals surface area contributed by atoms with Crippen molar-refractivity contribution in [1.29, 1.82) is 0 Å². The summed E-state index contributed by atoms with van der Waals surface area (Å²) in [7, 11) is 1.66. The fourth-order valence-electron chi connectivity index (χ4n) is 3.82. The number of amides is 1. The highest BCUT2D eigenvalue weighted by Crippen LogP contribution is 2.35. The molecule has 0 spiro atoms. The normalized spacial score (nSPS) is 15.3. The number of ether oxygens (including phenoxy) is 4. The van der Waals surface area contributed by atoms with E-state index in [0.29, 0.717) is 50.0 Å². The zero-order valence-corrected chi connectivity index (χ0v) is 18.0. The molecule has 2 aromatic rings. The molecule has 162 valence electrons. The molecule has 6 heteroatoms. The lowest BCUT2D eigenvalue weighted by Crippen LogP contribution is -2.44. The van der Waals surface area contributed by atoms with E-state index in [4.69, 9.17) is 18.9 Å². The van der Waals surface area contributed by atoms with E-state index in [0.717, 1.165) is 18.6 Å². The number of rotatable bonds is 9. The number of carbonyl (C=O) groups excluding carboxylic acids is 1. The van der Waals surface area contributed by atoms with Gasteiger partial charge in [-0.1, -0.05) is 12.1 Å². The van der Waals surface area contributed by atoms with Crippen LogP contribution in [0, 0.1) is 0 Å². The predicted molar refractivity (Wildman–Crippen MR) is 116 cm³/mol. The summed E-state index contributed by atoms with van der Waals surface area (Å²) >= 11 is 0. The van der Waals surface area contributed by atoms with Gasteiger partial charge in [0.15, 0.2) is 11.5 Å². The highest BCUT2D eigenvalue weighted by molar-refractivity contribution is 5.95. The summed E-state index contributed by atoms with van der Waals surface area (Å²) < 4.78 is 22.1. The van der Waals surface area contributed by atoms with Crippen LogP contribution in [0.25, 0.3) is 0 Å². The molecule has 0 saturated carbocycles. The molecule has 3 rings (SSSR count). The molecule has 1 saturated heterocycles. The van der Waals surface area contributed by atoms with Gasteiger partial charge in [-0.2, -0.15) is 0 Å². The third-order valence-corrected chi connectivity index (χ3v) is 5.55. The number of benzene rings is 2. The van der Waals surface area contributed by atoms with Crippen LogP contribution in [0.15, 0.2) is 42.5 Å². The molecule has 0 radical (unpaired) electrons. The Labute approximate surface area is 178 Å². The van der Waals surface area contributed by atoms with Crippen LogP contribution in [0.4, 0.5) is 0 Å². The standard InChI is InChI=1S/C24H31NO5/c1-4-29-21-11-6-18(16-22(21)30-5-2)23(26)25-17-24(12-14-28-15-13-24)19-7-9-20(27-3)10-8-19/h6-11,16H,4-5,12-15,17H2,1-3H3,(H,25,26). The topological polar surface area (TPSA) is 66.0 Å². The van der Waals surface area contributed by atoms with Gasteiger partial charge in [0.25, 0.3) is 5.91 Å². The molecule has 2 aromatic carbocycles. The summed E-state index contributed by atoms with van der Waals surface area (Å²) in [5.74, 6) is 1.93. The third-order valence-electron chi connectivity index (χ3n) is 5.55. The zero-order valence-electron chi connectivity index (χ0n) is 18.0. The van der Waals surface area contributed by atoms with E-state index in [1.54, 1.807) is 25.3 Å². The molecule has 6 nitrogen and oxygen atoms in total. The molecule has 30 heavy (non-hydrogen) atoms. The third kappa shape index (κ3) is 5.05. The smallest absolute Gasteiger partial charge is 0.251 e.